The van der Waals surface area contributed by atoms with E-state index in [0.29, 0.717) is 0 Å². The summed E-state index contributed by atoms with van der Waals surface area (Å²) in [7, 11) is 0. The van der Waals surface area contributed by atoms with Crippen molar-refractivity contribution in [1.82, 2.24) is 0 Å². The second-order valence-corrected chi connectivity index (χ2v) is 4.42. The van der Waals surface area contributed by atoms with Crippen LogP contribution in [0.2, 0.25) is 0 Å². The van der Waals surface area contributed by atoms with Gasteiger partial charge in [0.15, 0.2) is 0 Å². The zero-order valence-electron chi connectivity index (χ0n) is 9.25. The number of rotatable bonds is 2. The first kappa shape index (κ1) is 10.6. The summed E-state index contributed by atoms with van der Waals surface area (Å²) in [6.45, 7) is 4.37. The molecular weight excluding hydrogens is 200 g/mol. The second-order valence-electron chi connectivity index (χ2n) is 3.94. The Hall–Kier alpha value is -0.950. The number of fused-ring (bicyclic) bond motifs is 1. The van der Waals surface area contributed by atoms with E-state index < -0.39 is 0 Å². The average Bonchev–Trinajstić information content (AvgIpc) is 2.55. The van der Waals surface area contributed by atoms with Crippen molar-refractivity contribution in [2.75, 3.05) is 0 Å². The van der Waals surface area contributed by atoms with Gasteiger partial charge in [0.1, 0.15) is 0 Å². The Bertz CT molecular complexity index is 439. The van der Waals surface area contributed by atoms with E-state index in [0.717, 1.165) is 17.7 Å². The van der Waals surface area contributed by atoms with Gasteiger partial charge in [0, 0.05) is 4.90 Å². The van der Waals surface area contributed by atoms with Crippen LogP contribution in [0.25, 0.3) is 5.57 Å². The van der Waals surface area contributed by atoms with Crippen molar-refractivity contribution >= 4 is 18.2 Å². The molecule has 1 aliphatic rings. The maximum atomic E-state index is 4.51. The highest BCUT2D eigenvalue weighted by Crippen LogP contribution is 2.36. The Morgan fingerprint density at radius 1 is 1.40 bits per heavy atom. The van der Waals surface area contributed by atoms with E-state index in [1.807, 2.05) is 0 Å². The minimum absolute atomic E-state index is 1.04. The van der Waals surface area contributed by atoms with Gasteiger partial charge in [0.05, 0.1) is 0 Å². The van der Waals surface area contributed by atoms with Crippen molar-refractivity contribution in [2.24, 2.45) is 0 Å². The Morgan fingerprint density at radius 2 is 2.20 bits per heavy atom. The predicted octanol–water partition coefficient (Wildman–Crippen LogP) is 4.27. The number of benzene rings is 1. The monoisotopic (exact) mass is 216 g/mol. The molecule has 0 spiro atoms. The summed E-state index contributed by atoms with van der Waals surface area (Å²) in [6.07, 6.45) is 6.61. The van der Waals surface area contributed by atoms with E-state index >= 15 is 0 Å². The van der Waals surface area contributed by atoms with E-state index in [4.69, 9.17) is 0 Å². The van der Waals surface area contributed by atoms with Gasteiger partial charge in [0.2, 0.25) is 0 Å². The summed E-state index contributed by atoms with van der Waals surface area (Å²) in [4.78, 5) is 1.12. The van der Waals surface area contributed by atoms with Gasteiger partial charge in [-0.05, 0) is 48.1 Å². The molecule has 1 aromatic carbocycles. The number of hydrogen-bond donors (Lipinski definition) is 1. The van der Waals surface area contributed by atoms with Gasteiger partial charge in [-0.2, -0.15) is 0 Å². The molecule has 0 saturated heterocycles. The molecule has 0 heterocycles. The van der Waals surface area contributed by atoms with Crippen molar-refractivity contribution in [3.8, 4) is 0 Å². The van der Waals surface area contributed by atoms with Crippen molar-refractivity contribution < 1.29 is 0 Å². The molecule has 1 heteroatoms. The molecule has 0 saturated carbocycles. The Labute approximate surface area is 97.1 Å². The lowest BCUT2D eigenvalue weighted by Crippen LogP contribution is -1.85. The molecule has 0 atom stereocenters. The van der Waals surface area contributed by atoms with Crippen LogP contribution in [-0.4, -0.2) is 0 Å². The summed E-state index contributed by atoms with van der Waals surface area (Å²) in [5.74, 6) is 0. The standard InChI is InChI=1S/C14H16S/c1-3-4-6-11-9-13-12(10(11)2)7-5-8-14(13)15/h4-8,15H,3,9H2,1-2H3/b6-4-. The van der Waals surface area contributed by atoms with Crippen LogP contribution in [0.1, 0.15) is 31.4 Å². The van der Waals surface area contributed by atoms with Crippen LogP contribution in [0.15, 0.2) is 40.8 Å². The van der Waals surface area contributed by atoms with E-state index in [1.54, 1.807) is 0 Å². The molecule has 0 amide bonds. The molecule has 0 N–H and O–H groups in total. The van der Waals surface area contributed by atoms with Crippen LogP contribution < -0.4 is 0 Å². The topological polar surface area (TPSA) is 0 Å². The second kappa shape index (κ2) is 4.28. The summed E-state index contributed by atoms with van der Waals surface area (Å²) >= 11 is 4.51. The van der Waals surface area contributed by atoms with E-state index in [1.165, 1.54) is 22.3 Å². The number of allylic oxidation sites excluding steroid dienone is 4. The zero-order chi connectivity index (χ0) is 10.8. The fourth-order valence-corrected chi connectivity index (χ4v) is 2.34. The first-order chi connectivity index (χ1) is 7.24. The first-order valence-corrected chi connectivity index (χ1v) is 5.86. The highest BCUT2D eigenvalue weighted by atomic mass is 32.1. The minimum Gasteiger partial charge on any atom is -0.143 e. The van der Waals surface area contributed by atoms with Crippen LogP contribution in [0.4, 0.5) is 0 Å². The summed E-state index contributed by atoms with van der Waals surface area (Å²) in [5, 5.41) is 0. The molecule has 78 valence electrons. The Balaban J connectivity index is 2.40. The Kier molecular flexibility index (Phi) is 3.01. The molecule has 0 unspecified atom stereocenters. The summed E-state index contributed by atoms with van der Waals surface area (Å²) < 4.78 is 0. The van der Waals surface area contributed by atoms with Crippen molar-refractivity contribution in [1.29, 1.82) is 0 Å². The van der Waals surface area contributed by atoms with Crippen LogP contribution in [0.3, 0.4) is 0 Å². The van der Waals surface area contributed by atoms with Crippen molar-refractivity contribution in [2.45, 2.75) is 31.6 Å². The van der Waals surface area contributed by atoms with Crippen LogP contribution in [0, 0.1) is 0 Å². The molecule has 0 bridgehead atoms. The molecule has 0 radical (unpaired) electrons. The molecule has 0 aromatic heterocycles. The Morgan fingerprint density at radius 3 is 2.87 bits per heavy atom. The van der Waals surface area contributed by atoms with Gasteiger partial charge >= 0.3 is 0 Å². The fourth-order valence-electron chi connectivity index (χ4n) is 2.05. The SMILES string of the molecule is CC/C=C\C1=C(C)c2cccc(S)c2C1. The molecule has 0 fully saturated rings. The van der Waals surface area contributed by atoms with E-state index in [9.17, 15) is 0 Å². The third-order valence-electron chi connectivity index (χ3n) is 2.96. The quantitative estimate of drug-likeness (QED) is 0.701. The minimum atomic E-state index is 1.04. The maximum Gasteiger partial charge on any atom is 0.00815 e. The van der Waals surface area contributed by atoms with Gasteiger partial charge in [-0.15, -0.1) is 12.6 Å². The third kappa shape index (κ3) is 1.89. The fraction of sp³-hybridized carbons (Fsp3) is 0.286. The molecule has 15 heavy (non-hydrogen) atoms. The highest BCUT2D eigenvalue weighted by molar-refractivity contribution is 7.80. The lowest BCUT2D eigenvalue weighted by Gasteiger charge is -2.02. The summed E-state index contributed by atoms with van der Waals surface area (Å²) in [6, 6.07) is 6.34. The number of hydrogen-bond acceptors (Lipinski definition) is 1. The maximum absolute atomic E-state index is 4.51. The van der Waals surface area contributed by atoms with Gasteiger partial charge in [-0.25, -0.2) is 0 Å². The van der Waals surface area contributed by atoms with Crippen molar-refractivity contribution in [3.63, 3.8) is 0 Å². The molecule has 0 aliphatic heterocycles. The molecular formula is C14H16S. The van der Waals surface area contributed by atoms with Crippen LogP contribution in [-0.2, 0) is 6.42 Å². The lowest BCUT2D eigenvalue weighted by molar-refractivity contribution is 1.16. The summed E-state index contributed by atoms with van der Waals surface area (Å²) in [5.41, 5.74) is 5.60. The highest BCUT2D eigenvalue weighted by Gasteiger charge is 2.17. The van der Waals surface area contributed by atoms with Crippen LogP contribution in [0.5, 0.6) is 0 Å². The van der Waals surface area contributed by atoms with Gasteiger partial charge in [-0.1, -0.05) is 31.2 Å². The molecule has 1 aromatic rings. The predicted molar refractivity (Wildman–Crippen MR) is 69.4 cm³/mol. The zero-order valence-corrected chi connectivity index (χ0v) is 10.1. The largest absolute Gasteiger partial charge is 0.143 e. The van der Waals surface area contributed by atoms with Gasteiger partial charge in [0.25, 0.3) is 0 Å². The number of thiol groups is 1. The first-order valence-electron chi connectivity index (χ1n) is 5.41. The molecule has 0 nitrogen and oxygen atoms in total. The van der Waals surface area contributed by atoms with Gasteiger partial charge < -0.3 is 0 Å². The average molecular weight is 216 g/mol. The smallest absolute Gasteiger partial charge is 0.00815 e. The van der Waals surface area contributed by atoms with Crippen molar-refractivity contribution in [3.05, 3.63) is 47.1 Å². The van der Waals surface area contributed by atoms with E-state index in [-0.39, 0.29) is 0 Å². The molecule has 1 aliphatic carbocycles. The van der Waals surface area contributed by atoms with E-state index in [2.05, 4.69) is 56.8 Å². The molecule has 2 rings (SSSR count). The van der Waals surface area contributed by atoms with Crippen LogP contribution >= 0.6 is 12.6 Å². The normalized spacial score (nSPS) is 15.1. The van der Waals surface area contributed by atoms with Gasteiger partial charge in [-0.3, -0.25) is 0 Å². The third-order valence-corrected chi connectivity index (χ3v) is 3.38. The lowest BCUT2D eigenvalue weighted by atomic mass is 10.1.